The number of rotatable bonds is 5. The molecule has 1 amide bonds. The van der Waals surface area contributed by atoms with Gasteiger partial charge in [0.25, 0.3) is 11.9 Å². The number of benzene rings is 2. The van der Waals surface area contributed by atoms with Crippen LogP contribution in [0.2, 0.25) is 0 Å². The third kappa shape index (κ3) is 3.46. The van der Waals surface area contributed by atoms with E-state index in [0.29, 0.717) is 5.76 Å². The molecule has 0 atom stereocenters. The Kier molecular flexibility index (Phi) is 4.56. The first-order chi connectivity index (χ1) is 14.7. The molecule has 152 valence electrons. The molecule has 1 aliphatic rings. The predicted octanol–water partition coefficient (Wildman–Crippen LogP) is 2.47. The zero-order valence-corrected chi connectivity index (χ0v) is 16.2. The quantitative estimate of drug-likeness (QED) is 0.403. The number of nitrogens with one attached hydrogen (secondary N) is 3. The highest BCUT2D eigenvalue weighted by atomic mass is 16.4. The lowest BCUT2D eigenvalue weighted by Crippen LogP contribution is -2.43. The summed E-state index contributed by atoms with van der Waals surface area (Å²) in [6.07, 6.45) is 1.73. The number of oxazole rings is 1. The number of amides is 1. The minimum Gasteiger partial charge on any atom is -0.422 e. The highest BCUT2D eigenvalue weighted by Crippen LogP contribution is 2.30. The van der Waals surface area contributed by atoms with Gasteiger partial charge in [0.1, 0.15) is 0 Å². The van der Waals surface area contributed by atoms with Crippen LogP contribution in [0.3, 0.4) is 0 Å². The number of anilines is 3. The second kappa shape index (κ2) is 7.53. The van der Waals surface area contributed by atoms with Crippen molar-refractivity contribution in [1.29, 1.82) is 0 Å². The number of nitrogens with two attached hydrogens (primary N) is 1. The van der Waals surface area contributed by atoms with Gasteiger partial charge < -0.3 is 25.7 Å². The van der Waals surface area contributed by atoms with Crippen LogP contribution in [0.4, 0.5) is 17.4 Å². The number of carbonyl (C=O) groups excluding carboxylic acids is 1. The van der Waals surface area contributed by atoms with E-state index in [1.807, 2.05) is 42.5 Å². The van der Waals surface area contributed by atoms with Crippen LogP contribution >= 0.6 is 0 Å². The van der Waals surface area contributed by atoms with Crippen LogP contribution in [-0.4, -0.2) is 47.3 Å². The minimum atomic E-state index is -0.640. The number of piperazine rings is 1. The predicted molar refractivity (Wildman–Crippen MR) is 115 cm³/mol. The fraction of sp³-hybridized carbons (Fsp3) is 0.190. The average molecular weight is 403 g/mol. The van der Waals surface area contributed by atoms with E-state index in [4.69, 9.17) is 10.2 Å². The largest absolute Gasteiger partial charge is 0.422 e. The van der Waals surface area contributed by atoms with E-state index in [2.05, 4.69) is 30.7 Å². The number of fused-ring (bicyclic) bond motifs is 1. The number of H-pyrrole nitrogens is 1. The number of nitrogens with zero attached hydrogens (tertiary/aromatic N) is 3. The van der Waals surface area contributed by atoms with Gasteiger partial charge in [-0.3, -0.25) is 9.89 Å². The number of hydrogen-bond donors (Lipinski definition) is 4. The Morgan fingerprint density at radius 2 is 1.93 bits per heavy atom. The maximum Gasteiger partial charge on any atom is 0.300 e. The van der Waals surface area contributed by atoms with E-state index >= 15 is 0 Å². The molecule has 5 rings (SSSR count). The summed E-state index contributed by atoms with van der Waals surface area (Å²) in [7, 11) is 0. The number of aromatic amines is 1. The molecule has 0 aliphatic carbocycles. The normalized spacial score (nSPS) is 14.2. The van der Waals surface area contributed by atoms with Gasteiger partial charge in [-0.25, -0.2) is 0 Å². The van der Waals surface area contributed by atoms with Crippen molar-refractivity contribution in [1.82, 2.24) is 20.5 Å². The van der Waals surface area contributed by atoms with Gasteiger partial charge in [0, 0.05) is 48.5 Å². The molecule has 3 heterocycles. The van der Waals surface area contributed by atoms with Crippen molar-refractivity contribution >= 4 is 34.2 Å². The summed E-state index contributed by atoms with van der Waals surface area (Å²) in [6, 6.07) is 13.8. The summed E-state index contributed by atoms with van der Waals surface area (Å²) in [6.45, 7) is 3.86. The van der Waals surface area contributed by atoms with E-state index in [1.165, 1.54) is 0 Å². The maximum absolute atomic E-state index is 12.0. The molecule has 0 unspecified atom stereocenters. The zero-order chi connectivity index (χ0) is 20.5. The highest BCUT2D eigenvalue weighted by Gasteiger charge is 2.20. The molecule has 9 nitrogen and oxygen atoms in total. The Bertz CT molecular complexity index is 1190. The van der Waals surface area contributed by atoms with Crippen LogP contribution in [0, 0.1) is 0 Å². The Labute approximate surface area is 172 Å². The topological polar surface area (TPSA) is 125 Å². The summed E-state index contributed by atoms with van der Waals surface area (Å²) >= 11 is 0. The summed E-state index contributed by atoms with van der Waals surface area (Å²) in [5, 5.41) is 14.3. The molecule has 0 spiro atoms. The van der Waals surface area contributed by atoms with Crippen LogP contribution in [0.1, 0.15) is 10.5 Å². The minimum absolute atomic E-state index is 0.0943. The maximum atomic E-state index is 12.0. The number of carbonyl (C=O) groups is 1. The van der Waals surface area contributed by atoms with Crippen molar-refractivity contribution in [3.63, 3.8) is 0 Å². The number of hydrogen-bond acceptors (Lipinski definition) is 7. The monoisotopic (exact) mass is 403 g/mol. The fourth-order valence-electron chi connectivity index (χ4n) is 3.63. The van der Waals surface area contributed by atoms with Crippen LogP contribution in [0.25, 0.3) is 22.2 Å². The summed E-state index contributed by atoms with van der Waals surface area (Å²) in [5.41, 5.74) is 9.21. The average Bonchev–Trinajstić information content (AvgIpc) is 3.41. The molecule has 0 bridgehead atoms. The fourth-order valence-corrected chi connectivity index (χ4v) is 3.63. The molecular formula is C21H21N7O2. The molecule has 1 aliphatic heterocycles. The van der Waals surface area contributed by atoms with Crippen molar-refractivity contribution in [2.75, 3.05) is 36.4 Å². The molecular weight excluding hydrogens is 382 g/mol. The standard InChI is InChI=1S/C21H21N7O2/c22-20(29)18-19(13-1-4-16(5-2-13)28-9-7-23-8-10-28)30-21(26-18)25-15-3-6-17-14(11-15)12-24-27-17/h1-6,11-12,23H,7-10H2,(H2,22,29)(H,24,27)(H,25,26). The van der Waals surface area contributed by atoms with E-state index in [1.54, 1.807) is 6.20 Å². The van der Waals surface area contributed by atoms with Gasteiger partial charge in [-0.2, -0.15) is 10.1 Å². The Balaban J connectivity index is 1.43. The SMILES string of the molecule is NC(=O)c1nc(Nc2ccc3[nH]ncc3c2)oc1-c1ccc(N2CCNCC2)cc1. The molecule has 1 saturated heterocycles. The van der Waals surface area contributed by atoms with Gasteiger partial charge in [0.05, 0.1) is 11.7 Å². The van der Waals surface area contributed by atoms with Gasteiger partial charge >= 0.3 is 0 Å². The van der Waals surface area contributed by atoms with Crippen LogP contribution < -0.4 is 21.3 Å². The van der Waals surface area contributed by atoms with Crippen molar-refractivity contribution < 1.29 is 9.21 Å². The van der Waals surface area contributed by atoms with Crippen molar-refractivity contribution in [2.45, 2.75) is 0 Å². The van der Waals surface area contributed by atoms with E-state index in [9.17, 15) is 4.79 Å². The molecule has 0 radical (unpaired) electrons. The Morgan fingerprint density at radius 1 is 1.13 bits per heavy atom. The van der Waals surface area contributed by atoms with Crippen molar-refractivity contribution in [2.24, 2.45) is 5.73 Å². The van der Waals surface area contributed by atoms with E-state index in [0.717, 1.165) is 54.0 Å². The van der Waals surface area contributed by atoms with Gasteiger partial charge in [0.2, 0.25) is 0 Å². The summed E-state index contributed by atoms with van der Waals surface area (Å²) in [4.78, 5) is 18.5. The van der Waals surface area contributed by atoms with Crippen LogP contribution in [0.5, 0.6) is 0 Å². The third-order valence-electron chi connectivity index (χ3n) is 5.16. The van der Waals surface area contributed by atoms with Gasteiger partial charge in [-0.05, 0) is 42.5 Å². The second-order valence-electron chi connectivity index (χ2n) is 7.14. The zero-order valence-electron chi connectivity index (χ0n) is 16.2. The first-order valence-electron chi connectivity index (χ1n) is 9.74. The lowest BCUT2D eigenvalue weighted by atomic mass is 10.1. The smallest absolute Gasteiger partial charge is 0.300 e. The molecule has 1 fully saturated rings. The molecule has 4 aromatic rings. The molecule has 9 heteroatoms. The molecule has 30 heavy (non-hydrogen) atoms. The molecule has 0 saturated carbocycles. The molecule has 2 aromatic carbocycles. The highest BCUT2D eigenvalue weighted by molar-refractivity contribution is 5.97. The summed E-state index contributed by atoms with van der Waals surface area (Å²) in [5.74, 6) is -0.292. The van der Waals surface area contributed by atoms with Crippen LogP contribution in [-0.2, 0) is 0 Å². The van der Waals surface area contributed by atoms with Crippen LogP contribution in [0.15, 0.2) is 53.1 Å². The Hall–Kier alpha value is -3.85. The lowest BCUT2D eigenvalue weighted by Gasteiger charge is -2.29. The second-order valence-corrected chi connectivity index (χ2v) is 7.14. The molecule has 5 N–H and O–H groups in total. The van der Waals surface area contributed by atoms with Crippen molar-refractivity contribution in [3.8, 4) is 11.3 Å². The lowest BCUT2D eigenvalue weighted by molar-refractivity contribution is 0.0996. The number of aromatic nitrogens is 3. The van der Waals surface area contributed by atoms with Crippen molar-refractivity contribution in [3.05, 3.63) is 54.4 Å². The van der Waals surface area contributed by atoms with Gasteiger partial charge in [0.15, 0.2) is 11.5 Å². The van der Waals surface area contributed by atoms with E-state index in [-0.39, 0.29) is 11.7 Å². The first kappa shape index (κ1) is 18.2. The molecule has 2 aromatic heterocycles. The summed E-state index contributed by atoms with van der Waals surface area (Å²) < 4.78 is 5.87. The first-order valence-corrected chi connectivity index (χ1v) is 9.74. The Morgan fingerprint density at radius 3 is 2.70 bits per heavy atom. The van der Waals surface area contributed by atoms with Gasteiger partial charge in [-0.15, -0.1) is 0 Å². The number of primary amides is 1. The van der Waals surface area contributed by atoms with E-state index < -0.39 is 5.91 Å². The third-order valence-corrected chi connectivity index (χ3v) is 5.16. The van der Waals surface area contributed by atoms with Gasteiger partial charge in [-0.1, -0.05) is 0 Å².